The second-order valence-electron chi connectivity index (χ2n) is 9.51. The van der Waals surface area contributed by atoms with Crippen LogP contribution in [-0.2, 0) is 6.61 Å². The Bertz CT molecular complexity index is 1460. The predicted octanol–water partition coefficient (Wildman–Crippen LogP) is 9.15. The summed E-state index contributed by atoms with van der Waals surface area (Å²) < 4.78 is 6.07. The number of para-hydroxylation sites is 1. The Morgan fingerprint density at radius 3 is 2.51 bits per heavy atom. The first kappa shape index (κ1) is 23.8. The molecule has 3 nitrogen and oxygen atoms in total. The number of benzene rings is 4. The van der Waals surface area contributed by atoms with Crippen molar-refractivity contribution in [3.05, 3.63) is 135 Å². The van der Waals surface area contributed by atoms with Crippen molar-refractivity contribution >= 4 is 40.8 Å². The molecule has 5 heteroatoms. The zero-order valence-corrected chi connectivity index (χ0v) is 21.7. The molecule has 1 heterocycles. The van der Waals surface area contributed by atoms with Crippen LogP contribution in [0.1, 0.15) is 40.6 Å². The molecule has 6 rings (SSSR count). The van der Waals surface area contributed by atoms with Gasteiger partial charge >= 0.3 is 0 Å². The fourth-order valence-corrected chi connectivity index (χ4v) is 5.59. The molecular weight excluding hydrogens is 499 g/mol. The van der Waals surface area contributed by atoms with Crippen molar-refractivity contribution in [2.75, 3.05) is 5.32 Å². The first-order chi connectivity index (χ1) is 18.1. The zero-order valence-electron chi connectivity index (χ0n) is 20.1. The van der Waals surface area contributed by atoms with Gasteiger partial charge in [0.25, 0.3) is 0 Å². The fraction of sp³-hybridized carbons (Fsp3) is 0.156. The molecule has 0 fully saturated rings. The number of nitrogens with one attached hydrogen (secondary N) is 1. The molecule has 184 valence electrons. The summed E-state index contributed by atoms with van der Waals surface area (Å²) in [4.78, 5) is 4.72. The van der Waals surface area contributed by atoms with E-state index in [0.717, 1.165) is 29.0 Å². The minimum atomic E-state index is 0.272. The summed E-state index contributed by atoms with van der Waals surface area (Å²) in [6, 6.07) is 30.6. The SMILES string of the molecule is Clc1ccc(COc2ccc(Cl)cc2C=Nc2ccc([C@@H]3Nc4ccccc4[C@H]4C=CC[C@H]43)cc2)cc1. The topological polar surface area (TPSA) is 33.6 Å². The first-order valence-corrected chi connectivity index (χ1v) is 13.2. The first-order valence-electron chi connectivity index (χ1n) is 12.5. The lowest BCUT2D eigenvalue weighted by atomic mass is 9.77. The number of anilines is 1. The van der Waals surface area contributed by atoms with Crippen LogP contribution in [0.4, 0.5) is 11.4 Å². The Morgan fingerprint density at radius 1 is 0.892 bits per heavy atom. The number of allylic oxidation sites excluding steroid dienone is 2. The van der Waals surface area contributed by atoms with E-state index in [1.165, 1.54) is 16.8 Å². The van der Waals surface area contributed by atoms with Crippen LogP contribution in [0.15, 0.2) is 108 Å². The summed E-state index contributed by atoms with van der Waals surface area (Å²) >= 11 is 12.3. The molecule has 1 aliphatic heterocycles. The van der Waals surface area contributed by atoms with E-state index in [-0.39, 0.29) is 6.04 Å². The molecule has 0 saturated heterocycles. The summed E-state index contributed by atoms with van der Waals surface area (Å²) in [7, 11) is 0. The summed E-state index contributed by atoms with van der Waals surface area (Å²) in [5.41, 5.74) is 6.66. The summed E-state index contributed by atoms with van der Waals surface area (Å²) in [5.74, 6) is 1.72. The molecular formula is C32H26Cl2N2O. The third-order valence-corrected chi connectivity index (χ3v) is 7.64. The van der Waals surface area contributed by atoms with Gasteiger partial charge in [-0.15, -0.1) is 0 Å². The van der Waals surface area contributed by atoms with Crippen molar-refractivity contribution in [2.24, 2.45) is 10.9 Å². The van der Waals surface area contributed by atoms with Crippen LogP contribution >= 0.6 is 23.2 Å². The quantitative estimate of drug-likeness (QED) is 0.201. The smallest absolute Gasteiger partial charge is 0.128 e. The largest absolute Gasteiger partial charge is 0.488 e. The van der Waals surface area contributed by atoms with Crippen LogP contribution in [0.3, 0.4) is 0 Å². The molecule has 0 unspecified atom stereocenters. The molecule has 1 N–H and O–H groups in total. The van der Waals surface area contributed by atoms with Crippen molar-refractivity contribution in [1.82, 2.24) is 0 Å². The maximum Gasteiger partial charge on any atom is 0.128 e. The molecule has 4 aromatic carbocycles. The molecule has 4 aromatic rings. The van der Waals surface area contributed by atoms with E-state index in [1.807, 2.05) is 48.7 Å². The number of ether oxygens (including phenoxy) is 1. The maximum atomic E-state index is 6.28. The number of fused-ring (bicyclic) bond motifs is 3. The van der Waals surface area contributed by atoms with Crippen molar-refractivity contribution in [3.8, 4) is 5.75 Å². The van der Waals surface area contributed by atoms with E-state index in [0.29, 0.717) is 28.5 Å². The van der Waals surface area contributed by atoms with Gasteiger partial charge in [0.2, 0.25) is 0 Å². The van der Waals surface area contributed by atoms with Gasteiger partial charge in [-0.05, 0) is 77.6 Å². The van der Waals surface area contributed by atoms with Gasteiger partial charge in [0.05, 0.1) is 11.7 Å². The third kappa shape index (κ3) is 5.16. The Labute approximate surface area is 227 Å². The van der Waals surface area contributed by atoms with Crippen molar-refractivity contribution in [3.63, 3.8) is 0 Å². The minimum absolute atomic E-state index is 0.272. The highest BCUT2D eigenvalue weighted by Gasteiger charge is 2.37. The van der Waals surface area contributed by atoms with Crippen LogP contribution in [-0.4, -0.2) is 6.21 Å². The number of hydrogen-bond acceptors (Lipinski definition) is 3. The van der Waals surface area contributed by atoms with Crippen LogP contribution in [0.25, 0.3) is 0 Å². The van der Waals surface area contributed by atoms with Gasteiger partial charge < -0.3 is 10.1 Å². The van der Waals surface area contributed by atoms with Gasteiger partial charge in [-0.25, -0.2) is 0 Å². The Morgan fingerprint density at radius 2 is 1.68 bits per heavy atom. The van der Waals surface area contributed by atoms with Crippen molar-refractivity contribution in [1.29, 1.82) is 0 Å². The summed E-state index contributed by atoms with van der Waals surface area (Å²) in [6.07, 6.45) is 7.59. The van der Waals surface area contributed by atoms with Gasteiger partial charge in [0.1, 0.15) is 12.4 Å². The van der Waals surface area contributed by atoms with E-state index in [9.17, 15) is 0 Å². The van der Waals surface area contributed by atoms with Gasteiger partial charge in [-0.2, -0.15) is 0 Å². The monoisotopic (exact) mass is 524 g/mol. The van der Waals surface area contributed by atoms with Crippen LogP contribution in [0.2, 0.25) is 10.0 Å². The second kappa shape index (κ2) is 10.5. The number of halogens is 2. The molecule has 1 aliphatic carbocycles. The highest BCUT2D eigenvalue weighted by molar-refractivity contribution is 6.31. The Balaban J connectivity index is 1.18. The Kier molecular flexibility index (Phi) is 6.73. The molecule has 0 radical (unpaired) electrons. The standard InChI is InChI=1S/C32H26Cl2N2O/c33-24-12-8-21(9-13-24)20-37-31-17-14-25(34)18-23(31)19-35-26-15-10-22(11-16-26)32-29-6-3-5-27(29)28-4-1-2-7-30(28)36-32/h1-5,7-19,27,29,32,36H,6,20H2/t27-,29-,32+/m1/s1. The predicted molar refractivity (Wildman–Crippen MR) is 154 cm³/mol. The molecule has 2 aliphatic rings. The Hall–Kier alpha value is -3.53. The highest BCUT2D eigenvalue weighted by atomic mass is 35.5. The number of hydrogen-bond donors (Lipinski definition) is 1. The lowest BCUT2D eigenvalue weighted by Crippen LogP contribution is -2.28. The number of rotatable bonds is 6. The van der Waals surface area contributed by atoms with Gasteiger partial charge in [-0.3, -0.25) is 4.99 Å². The van der Waals surface area contributed by atoms with Gasteiger partial charge in [0, 0.05) is 33.4 Å². The molecule has 0 aromatic heterocycles. The van der Waals surface area contributed by atoms with Crippen molar-refractivity contribution in [2.45, 2.75) is 25.0 Å². The summed E-state index contributed by atoms with van der Waals surface area (Å²) in [6.45, 7) is 0.433. The van der Waals surface area contributed by atoms with Crippen LogP contribution in [0.5, 0.6) is 5.75 Å². The van der Waals surface area contributed by atoms with Crippen molar-refractivity contribution < 1.29 is 4.74 Å². The molecule has 0 bridgehead atoms. The van der Waals surface area contributed by atoms with Gasteiger partial charge in [-0.1, -0.05) is 77.8 Å². The van der Waals surface area contributed by atoms with E-state index in [1.54, 1.807) is 0 Å². The zero-order chi connectivity index (χ0) is 25.2. The second-order valence-corrected chi connectivity index (χ2v) is 10.4. The minimum Gasteiger partial charge on any atom is -0.488 e. The molecule has 0 spiro atoms. The normalized spacial score (nSPS) is 19.9. The average Bonchev–Trinajstić information content (AvgIpc) is 3.43. The van der Waals surface area contributed by atoms with E-state index in [4.69, 9.17) is 32.9 Å². The summed E-state index contributed by atoms with van der Waals surface area (Å²) in [5, 5.41) is 5.13. The number of nitrogens with zero attached hydrogens (tertiary/aromatic N) is 1. The van der Waals surface area contributed by atoms with E-state index >= 15 is 0 Å². The van der Waals surface area contributed by atoms with E-state index < -0.39 is 0 Å². The number of aliphatic imine (C=N–C) groups is 1. The average molecular weight is 525 g/mol. The molecule has 37 heavy (non-hydrogen) atoms. The molecule has 3 atom stereocenters. The lowest BCUT2D eigenvalue weighted by molar-refractivity contribution is 0.306. The lowest BCUT2D eigenvalue weighted by Gasteiger charge is -2.37. The van der Waals surface area contributed by atoms with Crippen LogP contribution in [0, 0.1) is 5.92 Å². The highest BCUT2D eigenvalue weighted by Crippen LogP contribution is 2.49. The third-order valence-electron chi connectivity index (χ3n) is 7.16. The molecule has 0 saturated carbocycles. The fourth-order valence-electron chi connectivity index (χ4n) is 5.28. The van der Waals surface area contributed by atoms with Crippen LogP contribution < -0.4 is 10.1 Å². The maximum absolute atomic E-state index is 6.28. The van der Waals surface area contributed by atoms with E-state index in [2.05, 4.69) is 66.0 Å². The van der Waals surface area contributed by atoms with Gasteiger partial charge in [0.15, 0.2) is 0 Å². The molecule has 0 amide bonds.